The molecule has 0 unspecified atom stereocenters. The third-order valence-corrected chi connectivity index (χ3v) is 7.58. The molecule has 0 radical (unpaired) electrons. The summed E-state index contributed by atoms with van der Waals surface area (Å²) < 4.78 is 22.2. The van der Waals surface area contributed by atoms with Gasteiger partial charge in [-0.2, -0.15) is 0 Å². The van der Waals surface area contributed by atoms with Crippen molar-refractivity contribution in [1.29, 1.82) is 0 Å². The molecule has 0 bridgehead atoms. The van der Waals surface area contributed by atoms with E-state index in [0.29, 0.717) is 43.3 Å². The van der Waals surface area contributed by atoms with Crippen LogP contribution in [0.4, 0.5) is 22.7 Å². The molecule has 214 valence electrons. The quantitative estimate of drug-likeness (QED) is 0.560. The zero-order chi connectivity index (χ0) is 26.8. The Balaban J connectivity index is 0.000000159. The summed E-state index contributed by atoms with van der Waals surface area (Å²) in [6, 6.07) is 11.7. The van der Waals surface area contributed by atoms with Gasteiger partial charge in [0.15, 0.2) is 19.0 Å². The molecule has 40 heavy (non-hydrogen) atoms. The summed E-state index contributed by atoms with van der Waals surface area (Å²) in [6.45, 7) is 4.81. The van der Waals surface area contributed by atoms with Crippen molar-refractivity contribution in [3.8, 4) is 11.5 Å². The molecule has 2 aromatic rings. The molecule has 5 heterocycles. The summed E-state index contributed by atoms with van der Waals surface area (Å²) in [5.74, 6) is 1.15. The fraction of sp³-hybridized carbons (Fsp3) is 0.464. The molecule has 5 aliphatic rings. The molecule has 3 fully saturated rings. The van der Waals surface area contributed by atoms with Crippen LogP contribution in [-0.4, -0.2) is 76.0 Å². The summed E-state index contributed by atoms with van der Waals surface area (Å²) in [6.07, 6.45) is 2.93. The Morgan fingerprint density at radius 3 is 1.65 bits per heavy atom. The van der Waals surface area contributed by atoms with E-state index >= 15 is 0 Å². The highest BCUT2D eigenvalue weighted by Gasteiger charge is 2.40. The summed E-state index contributed by atoms with van der Waals surface area (Å²) >= 11 is 0. The minimum absolute atomic E-state index is 0. The smallest absolute Gasteiger partial charge is 0.262 e. The van der Waals surface area contributed by atoms with Gasteiger partial charge in [-0.1, -0.05) is 0 Å². The van der Waals surface area contributed by atoms with Crippen LogP contribution in [0.1, 0.15) is 25.7 Å². The van der Waals surface area contributed by atoms with E-state index in [-0.39, 0.29) is 43.2 Å². The summed E-state index contributed by atoms with van der Waals surface area (Å²) in [4.78, 5) is 38.3. The molecule has 0 aliphatic carbocycles. The predicted octanol–water partition coefficient (Wildman–Crippen LogP) is 2.97. The highest BCUT2D eigenvalue weighted by Crippen LogP contribution is 2.37. The largest absolute Gasteiger partial charge is 0.482 e. The molecule has 2 amide bonds. The second-order valence-corrected chi connectivity index (χ2v) is 10.2. The first-order valence-electron chi connectivity index (χ1n) is 13.4. The normalized spacial score (nSPS) is 20.9. The Kier molecular flexibility index (Phi) is 8.34. The van der Waals surface area contributed by atoms with Gasteiger partial charge in [-0.05, 0) is 36.4 Å². The lowest BCUT2D eigenvalue weighted by Crippen LogP contribution is -2.45. The maximum atomic E-state index is 11.4. The number of fused-ring (bicyclic) bond motifs is 2. The number of halogens is 1. The zero-order valence-electron chi connectivity index (χ0n) is 22.1. The Hall–Kier alpha value is -3.54. The SMILES string of the molecule is Cl.O=C1CCN(c2ccc3c(c2)NC(=O)CO3)CC1.O=C1COc2ccc(N3CCC4(CC3)OCCO4)cc2N1. The van der Waals surface area contributed by atoms with Gasteiger partial charge in [-0.25, -0.2) is 0 Å². The first kappa shape index (κ1) is 28.0. The topological polar surface area (TPSA) is 119 Å². The number of hydrogen-bond donors (Lipinski definition) is 2. The lowest BCUT2D eigenvalue weighted by atomic mass is 10.0. The van der Waals surface area contributed by atoms with Gasteiger partial charge in [0.25, 0.3) is 11.8 Å². The number of carbonyl (C=O) groups excluding carboxylic acids is 3. The van der Waals surface area contributed by atoms with Gasteiger partial charge in [0, 0.05) is 63.2 Å². The molecule has 0 aromatic heterocycles. The van der Waals surface area contributed by atoms with Crippen molar-refractivity contribution < 1.29 is 33.3 Å². The van der Waals surface area contributed by atoms with Crippen molar-refractivity contribution in [2.45, 2.75) is 31.5 Å². The minimum atomic E-state index is -0.359. The molecule has 11 nitrogen and oxygen atoms in total. The predicted molar refractivity (Wildman–Crippen MR) is 151 cm³/mol. The van der Waals surface area contributed by atoms with Crippen LogP contribution >= 0.6 is 12.4 Å². The Morgan fingerprint density at radius 2 is 1.15 bits per heavy atom. The fourth-order valence-corrected chi connectivity index (χ4v) is 5.44. The number of nitrogens with zero attached hydrogens (tertiary/aromatic N) is 2. The van der Waals surface area contributed by atoms with Crippen molar-refractivity contribution in [1.82, 2.24) is 0 Å². The number of Topliss-reactive ketones (excluding diaryl/α,β-unsaturated/α-hetero) is 1. The Morgan fingerprint density at radius 1 is 0.675 bits per heavy atom. The lowest BCUT2D eigenvalue weighted by molar-refractivity contribution is -0.169. The van der Waals surface area contributed by atoms with Crippen molar-refractivity contribution in [2.75, 3.05) is 73.0 Å². The van der Waals surface area contributed by atoms with E-state index in [2.05, 4.69) is 20.4 Å². The number of nitrogens with one attached hydrogen (secondary N) is 2. The van der Waals surface area contributed by atoms with Crippen molar-refractivity contribution in [3.05, 3.63) is 36.4 Å². The zero-order valence-corrected chi connectivity index (χ0v) is 22.9. The molecule has 3 saturated heterocycles. The third kappa shape index (κ3) is 6.11. The molecule has 2 N–H and O–H groups in total. The lowest BCUT2D eigenvalue weighted by Gasteiger charge is -2.39. The second-order valence-electron chi connectivity index (χ2n) is 10.2. The molecule has 7 rings (SSSR count). The molecule has 12 heteroatoms. The average molecular weight is 573 g/mol. The van der Waals surface area contributed by atoms with E-state index in [1.165, 1.54) is 0 Å². The maximum absolute atomic E-state index is 11.4. The number of rotatable bonds is 2. The van der Waals surface area contributed by atoms with Crippen LogP contribution in [0.15, 0.2) is 36.4 Å². The maximum Gasteiger partial charge on any atom is 0.262 e. The average Bonchev–Trinajstić information content (AvgIpc) is 3.41. The van der Waals surface area contributed by atoms with E-state index in [4.69, 9.17) is 18.9 Å². The summed E-state index contributed by atoms with van der Waals surface area (Å²) in [5.41, 5.74) is 3.57. The van der Waals surface area contributed by atoms with Crippen molar-refractivity contribution in [3.63, 3.8) is 0 Å². The first-order valence-corrected chi connectivity index (χ1v) is 13.4. The highest BCUT2D eigenvalue weighted by atomic mass is 35.5. The molecule has 5 aliphatic heterocycles. The third-order valence-electron chi connectivity index (χ3n) is 7.58. The number of ketones is 1. The number of amides is 2. The number of anilines is 4. The number of ether oxygens (including phenoxy) is 4. The summed E-state index contributed by atoms with van der Waals surface area (Å²) in [7, 11) is 0. The molecule has 0 atom stereocenters. The fourth-order valence-electron chi connectivity index (χ4n) is 5.44. The molecular weight excluding hydrogens is 540 g/mol. The number of carbonyl (C=O) groups is 3. The first-order chi connectivity index (χ1) is 19.0. The van der Waals surface area contributed by atoms with E-state index in [0.717, 1.165) is 61.8 Å². The van der Waals surface area contributed by atoms with Crippen LogP contribution in [-0.2, 0) is 23.9 Å². The van der Waals surface area contributed by atoms with Crippen molar-refractivity contribution >= 4 is 52.8 Å². The molecule has 1 spiro atoms. The van der Waals surface area contributed by atoms with Crippen molar-refractivity contribution in [2.24, 2.45) is 0 Å². The van der Waals surface area contributed by atoms with Crippen LogP contribution in [0.3, 0.4) is 0 Å². The van der Waals surface area contributed by atoms with Gasteiger partial charge in [0.2, 0.25) is 0 Å². The molecule has 0 saturated carbocycles. The number of benzene rings is 2. The van der Waals surface area contributed by atoms with E-state index in [1.54, 1.807) is 0 Å². The second kappa shape index (κ2) is 11.9. The Bertz CT molecular complexity index is 1260. The van der Waals surface area contributed by atoms with Gasteiger partial charge in [0.05, 0.1) is 24.6 Å². The number of hydrogen-bond acceptors (Lipinski definition) is 9. The standard InChI is InChI=1S/C15H18N2O4.C13H14N2O3.ClH/c18-14-10-19-13-2-1-11(9-12(13)16-14)17-5-3-15(4-6-17)20-7-8-21-15;16-10-3-5-15(6-4-10)9-1-2-12-11(7-9)14-13(17)8-18-12;/h1-2,9H,3-8,10H2,(H,16,18);1-2,7H,3-6,8H2,(H,14,17);1H. The van der Waals surface area contributed by atoms with E-state index in [1.807, 2.05) is 36.4 Å². The van der Waals surface area contributed by atoms with Gasteiger partial charge in [-0.3, -0.25) is 14.4 Å². The van der Waals surface area contributed by atoms with Crippen LogP contribution in [0.5, 0.6) is 11.5 Å². The van der Waals surface area contributed by atoms with Gasteiger partial charge < -0.3 is 39.4 Å². The van der Waals surface area contributed by atoms with Crippen LogP contribution in [0.25, 0.3) is 0 Å². The Labute approximate surface area is 238 Å². The van der Waals surface area contributed by atoms with Gasteiger partial charge in [-0.15, -0.1) is 12.4 Å². The highest BCUT2D eigenvalue weighted by molar-refractivity contribution is 5.96. The minimum Gasteiger partial charge on any atom is -0.482 e. The monoisotopic (exact) mass is 572 g/mol. The van der Waals surface area contributed by atoms with E-state index in [9.17, 15) is 14.4 Å². The number of piperidine rings is 2. The molecular formula is C28H33ClN4O7. The summed E-state index contributed by atoms with van der Waals surface area (Å²) in [5, 5.41) is 5.64. The van der Waals surface area contributed by atoms with Crippen LogP contribution < -0.4 is 29.9 Å². The van der Waals surface area contributed by atoms with Gasteiger partial charge >= 0.3 is 0 Å². The van der Waals surface area contributed by atoms with Crippen LogP contribution in [0.2, 0.25) is 0 Å². The molecule has 2 aromatic carbocycles. The van der Waals surface area contributed by atoms with E-state index < -0.39 is 0 Å². The van der Waals surface area contributed by atoms with Gasteiger partial charge in [0.1, 0.15) is 17.3 Å². The van der Waals surface area contributed by atoms with Crippen LogP contribution in [0, 0.1) is 0 Å².